The maximum absolute atomic E-state index is 12.5. The van der Waals surface area contributed by atoms with Crippen molar-refractivity contribution in [2.75, 3.05) is 13.2 Å². The predicted molar refractivity (Wildman–Crippen MR) is 310 cm³/mol. The number of nitrogens with one attached hydrogen (secondary N) is 1. The third-order valence-electron chi connectivity index (χ3n) is 14.7. The van der Waals surface area contributed by atoms with Gasteiger partial charge in [0.2, 0.25) is 5.91 Å². The van der Waals surface area contributed by atoms with E-state index in [2.05, 4.69) is 55.6 Å². The summed E-state index contributed by atoms with van der Waals surface area (Å²) in [7, 11) is 0. The molecular formula is C65H123NO5. The topological polar surface area (TPSA) is 95.9 Å². The van der Waals surface area contributed by atoms with Crippen LogP contribution in [0.25, 0.3) is 0 Å². The van der Waals surface area contributed by atoms with Gasteiger partial charge in [-0.25, -0.2) is 0 Å². The molecule has 0 spiro atoms. The number of carbonyl (C=O) groups excluding carboxylic acids is 2. The molecule has 2 unspecified atom stereocenters. The second-order valence-electron chi connectivity index (χ2n) is 21.7. The molecule has 0 aliphatic rings. The van der Waals surface area contributed by atoms with Gasteiger partial charge in [0, 0.05) is 12.8 Å². The van der Waals surface area contributed by atoms with E-state index in [9.17, 15) is 19.8 Å². The van der Waals surface area contributed by atoms with Crippen LogP contribution in [-0.2, 0) is 14.3 Å². The Morgan fingerprint density at radius 1 is 0.394 bits per heavy atom. The van der Waals surface area contributed by atoms with Crippen LogP contribution in [0, 0.1) is 0 Å². The number of allylic oxidation sites excluding steroid dienone is 6. The molecule has 0 aliphatic heterocycles. The normalized spacial score (nSPS) is 12.8. The summed E-state index contributed by atoms with van der Waals surface area (Å²) in [6, 6.07) is -0.541. The van der Waals surface area contributed by atoms with E-state index in [4.69, 9.17) is 4.74 Å². The molecule has 0 aromatic carbocycles. The first-order valence-corrected chi connectivity index (χ1v) is 31.7. The number of aliphatic hydroxyl groups is 2. The largest absolute Gasteiger partial charge is 0.466 e. The van der Waals surface area contributed by atoms with E-state index in [1.165, 1.54) is 257 Å². The van der Waals surface area contributed by atoms with Gasteiger partial charge in [-0.2, -0.15) is 0 Å². The number of unbranched alkanes of at least 4 members (excludes halogenated alkanes) is 42. The fraction of sp³-hybridized carbons (Fsp3) is 0.877. The second kappa shape index (κ2) is 60.6. The Bertz CT molecular complexity index is 1150. The Balaban J connectivity index is 3.40. The van der Waals surface area contributed by atoms with Crippen LogP contribution in [-0.4, -0.2) is 47.4 Å². The first-order chi connectivity index (χ1) is 35.0. The highest BCUT2D eigenvalue weighted by atomic mass is 16.5. The van der Waals surface area contributed by atoms with Gasteiger partial charge < -0.3 is 20.3 Å². The minimum absolute atomic E-state index is 0.00182. The molecule has 0 saturated carbocycles. The molecule has 1 amide bonds. The fourth-order valence-electron chi connectivity index (χ4n) is 9.78. The Hall–Kier alpha value is -1.92. The summed E-state index contributed by atoms with van der Waals surface area (Å²) in [5.74, 6) is -0.0333. The van der Waals surface area contributed by atoms with Crippen molar-refractivity contribution in [3.8, 4) is 0 Å². The lowest BCUT2D eigenvalue weighted by molar-refractivity contribution is -0.143. The van der Waals surface area contributed by atoms with Crippen LogP contribution in [0.2, 0.25) is 0 Å². The molecule has 6 heteroatoms. The molecule has 0 aliphatic carbocycles. The van der Waals surface area contributed by atoms with Crippen LogP contribution in [0.5, 0.6) is 0 Å². The van der Waals surface area contributed by atoms with Crippen LogP contribution < -0.4 is 5.32 Å². The van der Waals surface area contributed by atoms with Crippen molar-refractivity contribution in [1.82, 2.24) is 5.32 Å². The van der Waals surface area contributed by atoms with Gasteiger partial charge in [0.05, 0.1) is 25.4 Å². The lowest BCUT2D eigenvalue weighted by atomic mass is 10.0. The van der Waals surface area contributed by atoms with Gasteiger partial charge in [0.15, 0.2) is 0 Å². The number of aliphatic hydroxyl groups excluding tert-OH is 2. The van der Waals surface area contributed by atoms with E-state index < -0.39 is 12.1 Å². The van der Waals surface area contributed by atoms with E-state index in [0.29, 0.717) is 25.9 Å². The van der Waals surface area contributed by atoms with Crippen molar-refractivity contribution in [3.63, 3.8) is 0 Å². The lowest BCUT2D eigenvalue weighted by Crippen LogP contribution is -2.45. The van der Waals surface area contributed by atoms with Gasteiger partial charge in [-0.1, -0.05) is 281 Å². The molecule has 0 bridgehead atoms. The van der Waals surface area contributed by atoms with E-state index in [1.54, 1.807) is 0 Å². The summed E-state index contributed by atoms with van der Waals surface area (Å²) in [6.45, 7) is 4.93. The molecule has 0 heterocycles. The van der Waals surface area contributed by atoms with Crippen molar-refractivity contribution in [1.29, 1.82) is 0 Å². The Morgan fingerprint density at radius 2 is 0.704 bits per heavy atom. The molecule has 0 radical (unpaired) electrons. The van der Waals surface area contributed by atoms with E-state index >= 15 is 0 Å². The van der Waals surface area contributed by atoms with Crippen LogP contribution in [0.1, 0.15) is 341 Å². The first kappa shape index (κ1) is 69.1. The van der Waals surface area contributed by atoms with Crippen molar-refractivity contribution in [2.24, 2.45) is 0 Å². The molecule has 0 rings (SSSR count). The average molecular weight is 999 g/mol. The number of ether oxygens (including phenoxy) is 1. The molecule has 0 fully saturated rings. The molecule has 0 aromatic heterocycles. The molecule has 71 heavy (non-hydrogen) atoms. The summed E-state index contributed by atoms with van der Waals surface area (Å²) in [6.07, 6.45) is 75.9. The molecule has 3 N–H and O–H groups in total. The Morgan fingerprint density at radius 3 is 1.11 bits per heavy atom. The van der Waals surface area contributed by atoms with Gasteiger partial charge in [-0.05, 0) is 83.5 Å². The number of carbonyl (C=O) groups is 2. The number of amides is 1. The van der Waals surface area contributed by atoms with Gasteiger partial charge in [-0.15, -0.1) is 0 Å². The van der Waals surface area contributed by atoms with Crippen molar-refractivity contribution in [3.05, 3.63) is 36.5 Å². The summed E-state index contributed by atoms with van der Waals surface area (Å²) in [4.78, 5) is 24.5. The molecule has 6 nitrogen and oxygen atoms in total. The fourth-order valence-corrected chi connectivity index (χ4v) is 9.78. The van der Waals surface area contributed by atoms with Gasteiger partial charge in [-0.3, -0.25) is 9.59 Å². The van der Waals surface area contributed by atoms with Gasteiger partial charge >= 0.3 is 5.97 Å². The van der Waals surface area contributed by atoms with E-state index in [-0.39, 0.29) is 18.5 Å². The van der Waals surface area contributed by atoms with Gasteiger partial charge in [0.1, 0.15) is 0 Å². The zero-order valence-corrected chi connectivity index (χ0v) is 47.7. The number of hydrogen-bond acceptors (Lipinski definition) is 5. The standard InChI is InChI=1S/C65H123NO5/c1-3-5-7-9-11-13-15-34-37-41-45-49-53-57-63(68)62(61-67)66-64(69)58-54-50-46-42-38-35-32-30-28-26-24-22-20-18-17-19-21-23-25-27-29-31-33-36-40-44-48-52-56-60-71-65(70)59-55-51-47-43-39-16-14-12-10-8-6-4-2/h12,14,17,19,23,25,62-63,67-68H,3-11,13,15-16,18,20-22,24,26-61H2,1-2H3,(H,66,69)/b14-12-,19-17-,25-23-. The summed E-state index contributed by atoms with van der Waals surface area (Å²) >= 11 is 0. The van der Waals surface area contributed by atoms with Crippen molar-refractivity contribution >= 4 is 11.9 Å². The third-order valence-corrected chi connectivity index (χ3v) is 14.7. The SMILES string of the molecule is CCCCC/C=C\CCCCCCCC(=O)OCCCCCCCCCCC/C=C\C/C=C\CCCCCCCCCCCCCCCC(=O)NC(CO)C(O)CCCCCCCCCCCCCCC. The zero-order chi connectivity index (χ0) is 51.4. The molecule has 2 atom stereocenters. The van der Waals surface area contributed by atoms with E-state index in [1.807, 2.05) is 0 Å². The van der Waals surface area contributed by atoms with Crippen molar-refractivity contribution in [2.45, 2.75) is 353 Å². The summed E-state index contributed by atoms with van der Waals surface area (Å²) < 4.78 is 5.46. The molecule has 0 saturated heterocycles. The summed E-state index contributed by atoms with van der Waals surface area (Å²) in [5.41, 5.74) is 0. The van der Waals surface area contributed by atoms with Crippen molar-refractivity contribution < 1.29 is 24.5 Å². The highest BCUT2D eigenvalue weighted by molar-refractivity contribution is 5.76. The average Bonchev–Trinajstić information content (AvgIpc) is 3.37. The van der Waals surface area contributed by atoms with Gasteiger partial charge in [0.25, 0.3) is 0 Å². The number of hydrogen-bond donors (Lipinski definition) is 3. The maximum atomic E-state index is 12.5. The second-order valence-corrected chi connectivity index (χ2v) is 21.7. The predicted octanol–water partition coefficient (Wildman–Crippen LogP) is 20.0. The van der Waals surface area contributed by atoms with Crippen LogP contribution >= 0.6 is 0 Å². The molecule has 0 aromatic rings. The van der Waals surface area contributed by atoms with Crippen LogP contribution in [0.15, 0.2) is 36.5 Å². The smallest absolute Gasteiger partial charge is 0.305 e. The number of rotatable bonds is 59. The highest BCUT2D eigenvalue weighted by Gasteiger charge is 2.20. The minimum atomic E-state index is -0.664. The molecule has 418 valence electrons. The Labute approximate surface area is 443 Å². The van der Waals surface area contributed by atoms with E-state index in [0.717, 1.165) is 51.4 Å². The summed E-state index contributed by atoms with van der Waals surface area (Å²) in [5, 5.41) is 23.3. The molecular weight excluding hydrogens is 875 g/mol. The Kier molecular flexibility index (Phi) is 59.0. The lowest BCUT2D eigenvalue weighted by Gasteiger charge is -2.22. The quantitative estimate of drug-likeness (QED) is 0.0321. The monoisotopic (exact) mass is 998 g/mol. The first-order valence-electron chi connectivity index (χ1n) is 31.7. The van der Waals surface area contributed by atoms with Crippen LogP contribution in [0.3, 0.4) is 0 Å². The maximum Gasteiger partial charge on any atom is 0.305 e. The zero-order valence-electron chi connectivity index (χ0n) is 47.7. The minimum Gasteiger partial charge on any atom is -0.466 e. The number of esters is 1. The third kappa shape index (κ3) is 57.2. The highest BCUT2D eigenvalue weighted by Crippen LogP contribution is 2.17. The van der Waals surface area contributed by atoms with Crippen LogP contribution in [0.4, 0.5) is 0 Å².